The van der Waals surface area contributed by atoms with Crippen LogP contribution in [-0.4, -0.2) is 21.4 Å². The van der Waals surface area contributed by atoms with Crippen LogP contribution >= 0.6 is 11.3 Å². The van der Waals surface area contributed by atoms with Crippen molar-refractivity contribution in [3.8, 4) is 0 Å². The summed E-state index contributed by atoms with van der Waals surface area (Å²) in [5.74, 6) is -2.70. The fourth-order valence-corrected chi connectivity index (χ4v) is 4.55. The van der Waals surface area contributed by atoms with E-state index in [1.807, 2.05) is 25.1 Å². The van der Waals surface area contributed by atoms with Crippen LogP contribution in [0.5, 0.6) is 0 Å². The number of halogens is 2. The van der Waals surface area contributed by atoms with E-state index >= 15 is 0 Å². The van der Waals surface area contributed by atoms with Crippen LogP contribution in [-0.2, 0) is 13.6 Å². The number of anilines is 1. The summed E-state index contributed by atoms with van der Waals surface area (Å²) in [5, 5.41) is 6.64. The van der Waals surface area contributed by atoms with Crippen LogP contribution in [0.3, 0.4) is 0 Å². The number of hydrogen-bond donors (Lipinski definition) is 1. The Kier molecular flexibility index (Phi) is 4.25. The van der Waals surface area contributed by atoms with Gasteiger partial charge >= 0.3 is 0 Å². The van der Waals surface area contributed by atoms with Crippen molar-refractivity contribution in [2.24, 2.45) is 12.0 Å². The molecule has 30 heavy (non-hydrogen) atoms. The molecule has 0 fully saturated rings. The number of aryl methyl sites for hydroxylation is 2. The molecule has 8 heteroatoms. The summed E-state index contributed by atoms with van der Waals surface area (Å²) in [6, 6.07) is 10.6. The standard InChI is InChI=1S/C22H16F2N4OS/c1-11-3-6-18(30-11)21-14-7-13(5-4-12(14)9-25-21)27-22(29)19-16(23)8-17-15(20(19)24)10-26-28(17)2/h3-8,10H,9H2,1-2H3,(H,27,29). The van der Waals surface area contributed by atoms with E-state index in [1.165, 1.54) is 15.8 Å². The van der Waals surface area contributed by atoms with E-state index in [4.69, 9.17) is 0 Å². The monoisotopic (exact) mass is 422 g/mol. The first-order valence-corrected chi connectivity index (χ1v) is 10.1. The lowest BCUT2D eigenvalue weighted by Gasteiger charge is -2.10. The van der Waals surface area contributed by atoms with Gasteiger partial charge in [-0.15, -0.1) is 11.3 Å². The molecular formula is C22H16F2N4OS. The Bertz CT molecular complexity index is 1370. The second-order valence-corrected chi connectivity index (χ2v) is 8.44. The Hall–Kier alpha value is -3.39. The lowest BCUT2D eigenvalue weighted by atomic mass is 10.0. The van der Waals surface area contributed by atoms with Gasteiger partial charge in [-0.3, -0.25) is 14.5 Å². The molecule has 0 saturated carbocycles. The summed E-state index contributed by atoms with van der Waals surface area (Å²) in [5.41, 5.74) is 2.94. The highest BCUT2D eigenvalue weighted by molar-refractivity contribution is 7.14. The molecule has 150 valence electrons. The highest BCUT2D eigenvalue weighted by Crippen LogP contribution is 2.30. The van der Waals surface area contributed by atoms with Gasteiger partial charge in [0.05, 0.1) is 34.2 Å². The third kappa shape index (κ3) is 2.91. The first-order chi connectivity index (χ1) is 14.4. The highest BCUT2D eigenvalue weighted by atomic mass is 32.1. The average Bonchev–Trinajstić information content (AvgIpc) is 3.41. The minimum absolute atomic E-state index is 0.0977. The van der Waals surface area contributed by atoms with Crippen molar-refractivity contribution in [1.82, 2.24) is 9.78 Å². The Labute approximate surface area is 174 Å². The molecule has 1 aliphatic rings. The maximum atomic E-state index is 14.8. The summed E-state index contributed by atoms with van der Waals surface area (Å²) in [4.78, 5) is 19.6. The maximum absolute atomic E-state index is 14.8. The smallest absolute Gasteiger partial charge is 0.261 e. The molecule has 0 saturated heterocycles. The van der Waals surface area contributed by atoms with E-state index in [0.29, 0.717) is 12.2 Å². The van der Waals surface area contributed by atoms with Crippen LogP contribution in [0.1, 0.15) is 31.2 Å². The normalized spacial score (nSPS) is 12.9. The molecule has 1 amide bonds. The van der Waals surface area contributed by atoms with Gasteiger partial charge in [-0.05, 0) is 36.8 Å². The molecule has 2 aromatic carbocycles. The van der Waals surface area contributed by atoms with Crippen molar-refractivity contribution in [2.45, 2.75) is 13.5 Å². The molecule has 0 unspecified atom stereocenters. The summed E-state index contributed by atoms with van der Waals surface area (Å²) >= 11 is 1.65. The fourth-order valence-electron chi connectivity index (χ4n) is 3.66. The Balaban J connectivity index is 1.48. The van der Waals surface area contributed by atoms with E-state index in [0.717, 1.165) is 27.8 Å². The first-order valence-electron chi connectivity index (χ1n) is 9.28. The van der Waals surface area contributed by atoms with Crippen LogP contribution in [0.4, 0.5) is 14.5 Å². The van der Waals surface area contributed by atoms with E-state index in [2.05, 4.69) is 15.4 Å². The number of benzene rings is 2. The topological polar surface area (TPSA) is 59.3 Å². The van der Waals surface area contributed by atoms with Crippen LogP contribution in [0, 0.1) is 18.6 Å². The number of carbonyl (C=O) groups is 1. The Morgan fingerprint density at radius 2 is 2.03 bits per heavy atom. The number of aliphatic imine (C=N–C) groups is 1. The number of rotatable bonds is 3. The molecule has 4 aromatic rings. The fraction of sp³-hybridized carbons (Fsp3) is 0.136. The number of carbonyl (C=O) groups excluding carboxylic acids is 1. The molecule has 1 aliphatic heterocycles. The minimum atomic E-state index is -0.932. The number of aromatic nitrogens is 2. The van der Waals surface area contributed by atoms with Gasteiger partial charge < -0.3 is 5.32 Å². The van der Waals surface area contributed by atoms with Crippen molar-refractivity contribution >= 4 is 39.5 Å². The van der Waals surface area contributed by atoms with Gasteiger partial charge in [0.15, 0.2) is 0 Å². The number of amides is 1. The molecule has 3 heterocycles. The minimum Gasteiger partial charge on any atom is -0.322 e. The first kappa shape index (κ1) is 18.6. The van der Waals surface area contributed by atoms with Crippen molar-refractivity contribution < 1.29 is 13.6 Å². The van der Waals surface area contributed by atoms with Crippen LogP contribution in [0.25, 0.3) is 10.9 Å². The van der Waals surface area contributed by atoms with Gasteiger partial charge in [-0.2, -0.15) is 5.10 Å². The quantitative estimate of drug-likeness (QED) is 0.514. The number of thiophene rings is 1. The zero-order valence-electron chi connectivity index (χ0n) is 16.2. The molecule has 0 bridgehead atoms. The third-order valence-electron chi connectivity index (χ3n) is 5.17. The van der Waals surface area contributed by atoms with Crippen LogP contribution < -0.4 is 5.32 Å². The van der Waals surface area contributed by atoms with Crippen LogP contribution in [0.15, 0.2) is 47.6 Å². The summed E-state index contributed by atoms with van der Waals surface area (Å²) in [6.07, 6.45) is 1.28. The van der Waals surface area contributed by atoms with Gasteiger partial charge in [0, 0.05) is 29.2 Å². The molecule has 2 aromatic heterocycles. The predicted molar refractivity (Wildman–Crippen MR) is 113 cm³/mol. The van der Waals surface area contributed by atoms with Crippen molar-refractivity contribution in [3.05, 3.63) is 80.7 Å². The largest absolute Gasteiger partial charge is 0.322 e. The zero-order valence-corrected chi connectivity index (χ0v) is 17.0. The molecule has 0 atom stereocenters. The van der Waals surface area contributed by atoms with E-state index in [9.17, 15) is 13.6 Å². The SMILES string of the molecule is Cc1ccc(C2=NCc3ccc(NC(=O)c4c(F)cc5c(cnn5C)c4F)cc32)s1. The van der Waals surface area contributed by atoms with Crippen molar-refractivity contribution in [1.29, 1.82) is 0 Å². The lowest BCUT2D eigenvalue weighted by Crippen LogP contribution is -2.16. The van der Waals surface area contributed by atoms with Crippen molar-refractivity contribution in [3.63, 3.8) is 0 Å². The molecule has 0 aliphatic carbocycles. The van der Waals surface area contributed by atoms with Crippen LogP contribution in [0.2, 0.25) is 0 Å². The zero-order chi connectivity index (χ0) is 21.0. The number of fused-ring (bicyclic) bond motifs is 2. The van der Waals surface area contributed by atoms with Gasteiger partial charge in [-0.25, -0.2) is 8.78 Å². The Morgan fingerprint density at radius 3 is 2.80 bits per heavy atom. The summed E-state index contributed by atoms with van der Waals surface area (Å²) in [7, 11) is 1.58. The maximum Gasteiger partial charge on any atom is 0.261 e. The molecule has 0 radical (unpaired) electrons. The second-order valence-electron chi connectivity index (χ2n) is 7.15. The van der Waals surface area contributed by atoms with Crippen molar-refractivity contribution in [2.75, 3.05) is 5.32 Å². The summed E-state index contributed by atoms with van der Waals surface area (Å²) < 4.78 is 30.7. The van der Waals surface area contributed by atoms with E-state index < -0.39 is 23.1 Å². The molecule has 5 nitrogen and oxygen atoms in total. The Morgan fingerprint density at radius 1 is 1.20 bits per heavy atom. The number of nitrogens with zero attached hydrogens (tertiary/aromatic N) is 3. The van der Waals surface area contributed by atoms with E-state index in [-0.39, 0.29) is 10.9 Å². The van der Waals surface area contributed by atoms with Gasteiger partial charge in [-0.1, -0.05) is 6.07 Å². The third-order valence-corrected chi connectivity index (χ3v) is 6.18. The molecule has 1 N–H and O–H groups in total. The van der Waals surface area contributed by atoms with Gasteiger partial charge in [0.2, 0.25) is 0 Å². The van der Waals surface area contributed by atoms with E-state index in [1.54, 1.807) is 30.5 Å². The predicted octanol–water partition coefficient (Wildman–Crippen LogP) is 4.82. The second kappa shape index (κ2) is 6.84. The van der Waals surface area contributed by atoms with Gasteiger partial charge in [0.1, 0.15) is 17.2 Å². The molecule has 5 rings (SSSR count). The summed E-state index contributed by atoms with van der Waals surface area (Å²) in [6.45, 7) is 2.60. The van der Waals surface area contributed by atoms with Gasteiger partial charge in [0.25, 0.3) is 5.91 Å². The number of hydrogen-bond acceptors (Lipinski definition) is 4. The molecular weight excluding hydrogens is 406 g/mol. The highest BCUT2D eigenvalue weighted by Gasteiger charge is 2.24. The number of nitrogens with one attached hydrogen (secondary N) is 1. The lowest BCUT2D eigenvalue weighted by molar-refractivity contribution is 0.101. The average molecular weight is 422 g/mol. The molecule has 0 spiro atoms.